The van der Waals surface area contributed by atoms with E-state index in [1.807, 2.05) is 0 Å². The second-order valence-electron chi connectivity index (χ2n) is 7.27. The highest BCUT2D eigenvalue weighted by molar-refractivity contribution is 6.75. The molecule has 1 aromatic carbocycles. The summed E-state index contributed by atoms with van der Waals surface area (Å²) in [5, 5.41) is 0. The molecule has 1 aromatic rings. The molecular formula is C18H25B2NO2. The van der Waals surface area contributed by atoms with Crippen molar-refractivity contribution >= 4 is 25.7 Å². The van der Waals surface area contributed by atoms with E-state index >= 15 is 0 Å². The predicted molar refractivity (Wildman–Crippen MR) is 99.5 cm³/mol. The topological polar surface area (TPSA) is 21.7 Å². The van der Waals surface area contributed by atoms with Crippen LogP contribution < -0.4 is 4.81 Å². The number of allylic oxidation sites excluding steroid dienone is 1. The first-order valence-corrected chi connectivity index (χ1v) is 8.36. The average molecular weight is 309 g/mol. The molecule has 0 N–H and O–H groups in total. The van der Waals surface area contributed by atoms with E-state index in [1.165, 1.54) is 11.3 Å². The third-order valence-electron chi connectivity index (χ3n) is 5.12. The van der Waals surface area contributed by atoms with Crippen molar-refractivity contribution < 1.29 is 9.31 Å². The quantitative estimate of drug-likeness (QED) is 0.793. The number of hydrogen-bond acceptors (Lipinski definition) is 3. The van der Waals surface area contributed by atoms with Crippen molar-refractivity contribution in [3.8, 4) is 0 Å². The molecule has 23 heavy (non-hydrogen) atoms. The van der Waals surface area contributed by atoms with Crippen LogP contribution in [0.2, 0.25) is 0 Å². The molecule has 0 aromatic heterocycles. The third kappa shape index (κ3) is 3.00. The Morgan fingerprint density at radius 3 is 2.39 bits per heavy atom. The van der Waals surface area contributed by atoms with Crippen molar-refractivity contribution in [3.05, 3.63) is 47.9 Å². The van der Waals surface area contributed by atoms with Gasteiger partial charge < -0.3 is 14.1 Å². The van der Waals surface area contributed by atoms with Crippen LogP contribution in [-0.4, -0.2) is 31.6 Å². The van der Waals surface area contributed by atoms with E-state index in [9.17, 15) is 0 Å². The number of rotatable bonds is 3. The van der Waals surface area contributed by atoms with Crippen molar-refractivity contribution in [2.24, 2.45) is 0 Å². The predicted octanol–water partition coefficient (Wildman–Crippen LogP) is 3.80. The first-order valence-electron chi connectivity index (χ1n) is 8.36. The Morgan fingerprint density at radius 1 is 1.09 bits per heavy atom. The minimum Gasteiger partial charge on any atom is -0.408 e. The molecule has 1 fully saturated rings. The van der Waals surface area contributed by atoms with Crippen LogP contribution in [-0.2, 0) is 9.31 Å². The molecule has 120 valence electrons. The Hall–Kier alpha value is -1.45. The maximum absolute atomic E-state index is 6.20. The maximum Gasteiger partial charge on any atom is 0.477 e. The summed E-state index contributed by atoms with van der Waals surface area (Å²) < 4.78 is 12.4. The molecule has 0 radical (unpaired) electrons. The molecule has 0 bridgehead atoms. The van der Waals surface area contributed by atoms with Crippen molar-refractivity contribution in [2.45, 2.75) is 45.8 Å². The van der Waals surface area contributed by atoms with Gasteiger partial charge in [-0.05, 0) is 46.2 Å². The van der Waals surface area contributed by atoms with E-state index in [4.69, 9.17) is 9.31 Å². The number of benzene rings is 1. The summed E-state index contributed by atoms with van der Waals surface area (Å²) in [6.07, 6.45) is 5.00. The van der Waals surface area contributed by atoms with Crippen molar-refractivity contribution in [3.63, 3.8) is 0 Å². The molecule has 2 heterocycles. The van der Waals surface area contributed by atoms with E-state index in [0.717, 1.165) is 0 Å². The smallest absolute Gasteiger partial charge is 0.408 e. The fourth-order valence-corrected chi connectivity index (χ4v) is 3.14. The van der Waals surface area contributed by atoms with E-state index < -0.39 is 0 Å². The SMILES string of the molecule is C/C=C/B1C=Cc2ccccc2N1CB1OC(C)(C)C(C)(C)O1. The lowest BCUT2D eigenvalue weighted by atomic mass is 9.56. The molecule has 0 unspecified atom stereocenters. The maximum atomic E-state index is 6.20. The van der Waals surface area contributed by atoms with Gasteiger partial charge in [-0.2, -0.15) is 0 Å². The lowest BCUT2D eigenvalue weighted by Crippen LogP contribution is -2.46. The minimum absolute atomic E-state index is 0.229. The van der Waals surface area contributed by atoms with Crippen LogP contribution in [0.3, 0.4) is 0 Å². The minimum atomic E-state index is -0.293. The van der Waals surface area contributed by atoms with Gasteiger partial charge in [-0.15, -0.1) is 0 Å². The van der Waals surface area contributed by atoms with E-state index in [1.54, 1.807) is 0 Å². The number of fused-ring (bicyclic) bond motifs is 1. The van der Waals surface area contributed by atoms with E-state index in [-0.39, 0.29) is 25.2 Å². The standard InChI is InChI=1S/C18H25B2NO2/c1-6-12-19-13-11-15-9-7-8-10-16(15)21(19)14-20-22-17(2,3)18(4,5)23-20/h6-13H,14H2,1-5H3/b12-6+. The molecule has 5 heteroatoms. The Balaban J connectivity index is 1.86. The molecule has 0 atom stereocenters. The van der Waals surface area contributed by atoms with E-state index in [0.29, 0.717) is 6.44 Å². The van der Waals surface area contributed by atoms with Crippen molar-refractivity contribution in [1.82, 2.24) is 0 Å². The van der Waals surface area contributed by atoms with Gasteiger partial charge in [0.2, 0.25) is 0 Å². The number of nitrogens with zero attached hydrogens (tertiary/aromatic N) is 1. The second-order valence-corrected chi connectivity index (χ2v) is 7.27. The summed E-state index contributed by atoms with van der Waals surface area (Å²) in [5.41, 5.74) is 1.88. The number of hydrogen-bond donors (Lipinski definition) is 0. The molecular weight excluding hydrogens is 284 g/mol. The molecule has 0 aliphatic carbocycles. The van der Waals surface area contributed by atoms with Crippen LogP contribution in [0.5, 0.6) is 0 Å². The van der Waals surface area contributed by atoms with Crippen LogP contribution in [0.4, 0.5) is 5.69 Å². The monoisotopic (exact) mass is 309 g/mol. The molecule has 1 saturated heterocycles. The van der Waals surface area contributed by atoms with Crippen LogP contribution in [0.25, 0.3) is 6.08 Å². The Bertz CT molecular complexity index is 624. The van der Waals surface area contributed by atoms with Crippen molar-refractivity contribution in [2.75, 3.05) is 11.3 Å². The summed E-state index contributed by atoms with van der Waals surface area (Å²) in [6.45, 7) is 10.7. The molecule has 3 rings (SSSR count). The Morgan fingerprint density at radius 2 is 1.74 bits per heavy atom. The summed E-state index contributed by atoms with van der Waals surface area (Å²) in [4.78, 5) is 2.36. The average Bonchev–Trinajstić information content (AvgIpc) is 2.69. The van der Waals surface area contributed by atoms with Crippen LogP contribution >= 0.6 is 0 Å². The van der Waals surface area contributed by atoms with Gasteiger partial charge in [0.1, 0.15) is 0 Å². The highest BCUT2D eigenvalue weighted by Gasteiger charge is 2.51. The van der Waals surface area contributed by atoms with Gasteiger partial charge in [0.25, 0.3) is 0 Å². The molecule has 0 saturated carbocycles. The molecule has 0 amide bonds. The van der Waals surface area contributed by atoms with Gasteiger partial charge in [-0.25, -0.2) is 0 Å². The highest BCUT2D eigenvalue weighted by Crippen LogP contribution is 2.38. The Kier molecular flexibility index (Phi) is 4.19. The molecule has 3 nitrogen and oxygen atoms in total. The Labute approximate surface area is 140 Å². The summed E-state index contributed by atoms with van der Waals surface area (Å²) >= 11 is 0. The second kappa shape index (κ2) is 5.88. The molecule has 2 aliphatic rings. The zero-order valence-corrected chi connectivity index (χ0v) is 14.7. The van der Waals surface area contributed by atoms with Gasteiger partial charge in [0, 0.05) is 12.1 Å². The fourth-order valence-electron chi connectivity index (χ4n) is 3.14. The summed E-state index contributed by atoms with van der Waals surface area (Å²) in [6, 6.07) is 8.48. The first-order chi connectivity index (χ1) is 10.8. The lowest BCUT2D eigenvalue weighted by molar-refractivity contribution is 0.00578. The van der Waals surface area contributed by atoms with Gasteiger partial charge >= 0.3 is 14.0 Å². The first kappa shape index (κ1) is 16.4. The van der Waals surface area contributed by atoms with Crippen LogP contribution in [0, 0.1) is 0 Å². The van der Waals surface area contributed by atoms with Gasteiger partial charge in [-0.3, -0.25) is 0 Å². The zero-order valence-electron chi connectivity index (χ0n) is 14.7. The molecule has 0 spiro atoms. The largest absolute Gasteiger partial charge is 0.477 e. The van der Waals surface area contributed by atoms with Gasteiger partial charge in [0.15, 0.2) is 0 Å². The third-order valence-corrected chi connectivity index (χ3v) is 5.12. The normalized spacial score (nSPS) is 22.0. The highest BCUT2D eigenvalue weighted by atomic mass is 16.7. The van der Waals surface area contributed by atoms with Gasteiger partial charge in [-0.1, -0.05) is 42.3 Å². The summed E-state index contributed by atoms with van der Waals surface area (Å²) in [7, 11) is -0.229. The number of anilines is 1. The summed E-state index contributed by atoms with van der Waals surface area (Å²) in [5.74, 6) is 4.44. The fraction of sp³-hybridized carbons (Fsp3) is 0.444. The van der Waals surface area contributed by atoms with Crippen LogP contribution in [0.1, 0.15) is 40.2 Å². The van der Waals surface area contributed by atoms with Crippen molar-refractivity contribution in [1.29, 1.82) is 0 Å². The van der Waals surface area contributed by atoms with Crippen LogP contribution in [0.15, 0.2) is 42.3 Å². The van der Waals surface area contributed by atoms with Gasteiger partial charge in [0.05, 0.1) is 11.2 Å². The zero-order chi connectivity index (χ0) is 16.7. The molecule has 2 aliphatic heterocycles. The number of para-hydroxylation sites is 1. The lowest BCUT2D eigenvalue weighted by Gasteiger charge is -2.33. The van der Waals surface area contributed by atoms with E-state index in [2.05, 4.69) is 87.8 Å².